The fourth-order valence-electron chi connectivity index (χ4n) is 0.827. The number of rotatable bonds is 10. The monoisotopic (exact) mass is 203 g/mol. The lowest BCUT2D eigenvalue weighted by Crippen LogP contribution is -2.22. The Morgan fingerprint density at radius 3 is 2.92 bits per heavy atom. The molecule has 0 unspecified atom stereocenters. The molecule has 0 radical (unpaired) electrons. The lowest BCUT2D eigenvalue weighted by atomic mass is 10.4. The van der Waals surface area contributed by atoms with Gasteiger partial charge < -0.3 is 10.1 Å². The fourth-order valence-corrected chi connectivity index (χ4v) is 1.40. The molecular formula is C10H21NOS. The zero-order valence-corrected chi connectivity index (χ0v) is 9.37. The molecule has 0 aliphatic rings. The molecule has 0 atom stereocenters. The molecule has 0 aromatic carbocycles. The minimum atomic E-state index is 0.800. The van der Waals surface area contributed by atoms with E-state index in [9.17, 15) is 0 Å². The van der Waals surface area contributed by atoms with Crippen molar-refractivity contribution >= 4 is 11.8 Å². The van der Waals surface area contributed by atoms with E-state index >= 15 is 0 Å². The molecule has 0 saturated carbocycles. The van der Waals surface area contributed by atoms with Gasteiger partial charge in [0, 0.05) is 18.8 Å². The van der Waals surface area contributed by atoms with E-state index in [-0.39, 0.29) is 0 Å². The predicted molar refractivity (Wildman–Crippen MR) is 61.5 cm³/mol. The van der Waals surface area contributed by atoms with Gasteiger partial charge in [0.15, 0.2) is 0 Å². The van der Waals surface area contributed by atoms with Gasteiger partial charge in [-0.1, -0.05) is 13.0 Å². The lowest BCUT2D eigenvalue weighted by molar-refractivity contribution is 0.141. The Hall–Kier alpha value is 0.0100. The maximum atomic E-state index is 5.34. The van der Waals surface area contributed by atoms with Gasteiger partial charge in [0.1, 0.15) is 0 Å². The Labute approximate surface area is 86.1 Å². The average molecular weight is 203 g/mol. The summed E-state index contributed by atoms with van der Waals surface area (Å²) in [5.41, 5.74) is 0. The largest absolute Gasteiger partial charge is 0.380 e. The Kier molecular flexibility index (Phi) is 12.0. The molecule has 1 N–H and O–H groups in total. The van der Waals surface area contributed by atoms with Crippen LogP contribution in [0.25, 0.3) is 0 Å². The molecule has 0 aromatic heterocycles. The third kappa shape index (κ3) is 12.0. The van der Waals surface area contributed by atoms with E-state index in [2.05, 4.69) is 18.8 Å². The third-order valence-corrected chi connectivity index (χ3v) is 2.42. The first-order valence-corrected chi connectivity index (χ1v) is 6.04. The molecule has 0 amide bonds. The van der Waals surface area contributed by atoms with Crippen LogP contribution in [0.15, 0.2) is 12.7 Å². The van der Waals surface area contributed by atoms with E-state index in [1.807, 2.05) is 17.8 Å². The first-order chi connectivity index (χ1) is 6.41. The van der Waals surface area contributed by atoms with E-state index in [0.717, 1.165) is 32.7 Å². The van der Waals surface area contributed by atoms with Gasteiger partial charge in [-0.25, -0.2) is 0 Å². The Morgan fingerprint density at radius 2 is 2.23 bits per heavy atom. The van der Waals surface area contributed by atoms with Crippen LogP contribution in [0.2, 0.25) is 0 Å². The lowest BCUT2D eigenvalue weighted by Gasteiger charge is -2.04. The molecule has 0 bridgehead atoms. The van der Waals surface area contributed by atoms with Crippen molar-refractivity contribution in [3.8, 4) is 0 Å². The summed E-state index contributed by atoms with van der Waals surface area (Å²) >= 11 is 1.96. The topological polar surface area (TPSA) is 21.3 Å². The van der Waals surface area contributed by atoms with Gasteiger partial charge in [-0.3, -0.25) is 0 Å². The minimum Gasteiger partial charge on any atom is -0.380 e. The van der Waals surface area contributed by atoms with Gasteiger partial charge in [0.05, 0.1) is 13.2 Å². The van der Waals surface area contributed by atoms with Crippen molar-refractivity contribution in [3.05, 3.63) is 12.7 Å². The molecule has 2 nitrogen and oxygen atoms in total. The first kappa shape index (κ1) is 13.0. The maximum absolute atomic E-state index is 5.34. The third-order valence-electron chi connectivity index (χ3n) is 1.52. The number of hydrogen-bond donors (Lipinski definition) is 1. The molecule has 0 heterocycles. The summed E-state index contributed by atoms with van der Waals surface area (Å²) in [7, 11) is 0. The van der Waals surface area contributed by atoms with Crippen LogP contribution >= 0.6 is 11.8 Å². The van der Waals surface area contributed by atoms with Crippen molar-refractivity contribution in [1.29, 1.82) is 0 Å². The van der Waals surface area contributed by atoms with Gasteiger partial charge in [0.25, 0.3) is 0 Å². The van der Waals surface area contributed by atoms with Crippen molar-refractivity contribution < 1.29 is 4.74 Å². The van der Waals surface area contributed by atoms with Crippen LogP contribution in [0.4, 0.5) is 0 Å². The van der Waals surface area contributed by atoms with E-state index < -0.39 is 0 Å². The summed E-state index contributed by atoms with van der Waals surface area (Å²) < 4.78 is 5.34. The smallest absolute Gasteiger partial charge is 0.0591 e. The molecule has 78 valence electrons. The van der Waals surface area contributed by atoms with Crippen LogP contribution in [-0.2, 0) is 4.74 Å². The van der Waals surface area contributed by atoms with Crippen molar-refractivity contribution in [3.63, 3.8) is 0 Å². The van der Waals surface area contributed by atoms with Crippen molar-refractivity contribution in [2.45, 2.75) is 13.3 Å². The summed E-state index contributed by atoms with van der Waals surface area (Å²) in [6.07, 6.45) is 2.83. The number of thioether (sulfide) groups is 1. The van der Waals surface area contributed by atoms with Crippen molar-refractivity contribution in [2.24, 2.45) is 0 Å². The highest BCUT2D eigenvalue weighted by molar-refractivity contribution is 7.99. The fraction of sp³-hybridized carbons (Fsp3) is 0.800. The molecule has 3 heteroatoms. The molecule has 0 fully saturated rings. The number of hydrogen-bond acceptors (Lipinski definition) is 3. The van der Waals surface area contributed by atoms with Crippen molar-refractivity contribution in [1.82, 2.24) is 5.32 Å². The molecule has 0 aliphatic heterocycles. The van der Waals surface area contributed by atoms with Gasteiger partial charge in [-0.2, -0.15) is 11.8 Å². The molecule has 0 spiro atoms. The van der Waals surface area contributed by atoms with Gasteiger partial charge in [-0.15, -0.1) is 6.58 Å². The quantitative estimate of drug-likeness (QED) is 0.433. The summed E-state index contributed by atoms with van der Waals surface area (Å²) in [4.78, 5) is 0. The van der Waals surface area contributed by atoms with E-state index in [0.29, 0.717) is 0 Å². The van der Waals surface area contributed by atoms with Gasteiger partial charge in [-0.05, 0) is 12.2 Å². The number of nitrogens with one attached hydrogen (secondary N) is 1. The second-order valence-corrected chi connectivity index (χ2v) is 4.03. The highest BCUT2D eigenvalue weighted by Gasteiger charge is 1.88. The highest BCUT2D eigenvalue weighted by Crippen LogP contribution is 1.94. The van der Waals surface area contributed by atoms with Crippen LogP contribution in [0.1, 0.15) is 13.3 Å². The normalized spacial score (nSPS) is 10.2. The van der Waals surface area contributed by atoms with Crippen molar-refractivity contribution in [2.75, 3.05) is 37.8 Å². The van der Waals surface area contributed by atoms with E-state index in [1.165, 1.54) is 11.5 Å². The summed E-state index contributed by atoms with van der Waals surface area (Å²) in [6, 6.07) is 0. The molecule has 0 aromatic rings. The van der Waals surface area contributed by atoms with E-state index in [4.69, 9.17) is 4.74 Å². The zero-order chi connectivity index (χ0) is 9.78. The second-order valence-electron chi connectivity index (χ2n) is 2.64. The highest BCUT2D eigenvalue weighted by atomic mass is 32.2. The SMILES string of the molecule is C=CCCOCCNCCSCC. The van der Waals surface area contributed by atoms with Crippen LogP contribution in [0.5, 0.6) is 0 Å². The first-order valence-electron chi connectivity index (χ1n) is 4.89. The van der Waals surface area contributed by atoms with Crippen LogP contribution in [0, 0.1) is 0 Å². The van der Waals surface area contributed by atoms with Gasteiger partial charge in [0.2, 0.25) is 0 Å². The second kappa shape index (κ2) is 12.0. The minimum absolute atomic E-state index is 0.800. The summed E-state index contributed by atoms with van der Waals surface area (Å²) in [6.45, 7) is 9.47. The van der Waals surface area contributed by atoms with E-state index in [1.54, 1.807) is 0 Å². The summed E-state index contributed by atoms with van der Waals surface area (Å²) in [5, 5.41) is 3.33. The molecule has 0 aliphatic carbocycles. The predicted octanol–water partition coefficient (Wildman–Crippen LogP) is 1.92. The molecule has 0 rings (SSSR count). The average Bonchev–Trinajstić information content (AvgIpc) is 2.16. The van der Waals surface area contributed by atoms with Crippen LogP contribution < -0.4 is 5.32 Å². The van der Waals surface area contributed by atoms with Crippen LogP contribution in [-0.4, -0.2) is 37.8 Å². The summed E-state index contributed by atoms with van der Waals surface area (Å²) in [5.74, 6) is 2.40. The molecular weight excluding hydrogens is 182 g/mol. The number of ether oxygens (including phenoxy) is 1. The zero-order valence-electron chi connectivity index (χ0n) is 8.55. The van der Waals surface area contributed by atoms with Gasteiger partial charge >= 0.3 is 0 Å². The Morgan fingerprint density at radius 1 is 1.38 bits per heavy atom. The molecule has 13 heavy (non-hydrogen) atoms. The Balaban J connectivity index is 2.79. The molecule has 0 saturated heterocycles. The Bertz CT molecular complexity index is 109. The van der Waals surface area contributed by atoms with Crippen LogP contribution in [0.3, 0.4) is 0 Å². The standard InChI is InChI=1S/C10H21NOS/c1-3-5-8-12-9-6-11-7-10-13-4-2/h3,11H,1,4-10H2,2H3. The maximum Gasteiger partial charge on any atom is 0.0591 e.